The van der Waals surface area contributed by atoms with E-state index >= 15 is 0 Å². The molecule has 108 valence electrons. The first-order chi connectivity index (χ1) is 9.65. The summed E-state index contributed by atoms with van der Waals surface area (Å²) in [5, 5.41) is 0.371. The van der Waals surface area contributed by atoms with Crippen molar-refractivity contribution < 1.29 is 4.79 Å². The maximum absolute atomic E-state index is 12.6. The standard InChI is InChI=1S/C14H19ClN4O/c15-11-4-5-12(16)17-13(11)14(20)19-8-7-18-6-2-1-3-10(18)9-19/h4-5,10H,1-3,6-9H2,(H2,16,17). The summed E-state index contributed by atoms with van der Waals surface area (Å²) in [7, 11) is 0. The van der Waals surface area contributed by atoms with E-state index in [1.54, 1.807) is 12.1 Å². The topological polar surface area (TPSA) is 62.5 Å². The molecule has 1 atom stereocenters. The van der Waals surface area contributed by atoms with Crippen molar-refractivity contribution in [1.29, 1.82) is 0 Å². The monoisotopic (exact) mass is 294 g/mol. The van der Waals surface area contributed by atoms with E-state index in [9.17, 15) is 4.79 Å². The van der Waals surface area contributed by atoms with Gasteiger partial charge in [0, 0.05) is 25.7 Å². The molecule has 5 nitrogen and oxygen atoms in total. The first-order valence-corrected chi connectivity index (χ1v) is 7.48. The minimum Gasteiger partial charge on any atom is -0.384 e. The number of hydrogen-bond acceptors (Lipinski definition) is 4. The average molecular weight is 295 g/mol. The molecule has 2 fully saturated rings. The fourth-order valence-corrected chi connectivity index (χ4v) is 3.28. The number of piperidine rings is 1. The van der Waals surface area contributed by atoms with Crippen LogP contribution < -0.4 is 5.73 Å². The van der Waals surface area contributed by atoms with Gasteiger partial charge >= 0.3 is 0 Å². The summed E-state index contributed by atoms with van der Waals surface area (Å²) in [4.78, 5) is 21.0. The number of fused-ring (bicyclic) bond motifs is 1. The Labute approximate surface area is 123 Å². The zero-order chi connectivity index (χ0) is 14.1. The van der Waals surface area contributed by atoms with Gasteiger partial charge in [-0.05, 0) is 31.5 Å². The van der Waals surface area contributed by atoms with Crippen molar-refractivity contribution in [2.75, 3.05) is 31.9 Å². The Morgan fingerprint density at radius 1 is 1.30 bits per heavy atom. The van der Waals surface area contributed by atoms with E-state index < -0.39 is 0 Å². The summed E-state index contributed by atoms with van der Waals surface area (Å²) >= 11 is 6.07. The molecule has 0 aliphatic carbocycles. The Morgan fingerprint density at radius 3 is 3.00 bits per heavy atom. The second-order valence-electron chi connectivity index (χ2n) is 5.50. The van der Waals surface area contributed by atoms with Crippen LogP contribution in [0.4, 0.5) is 5.82 Å². The van der Waals surface area contributed by atoms with Gasteiger partial charge in [0.05, 0.1) is 5.02 Å². The zero-order valence-corrected chi connectivity index (χ0v) is 12.1. The molecule has 0 radical (unpaired) electrons. The van der Waals surface area contributed by atoms with Crippen molar-refractivity contribution in [2.24, 2.45) is 0 Å². The summed E-state index contributed by atoms with van der Waals surface area (Å²) in [5.41, 5.74) is 5.93. The normalized spacial score (nSPS) is 23.4. The zero-order valence-electron chi connectivity index (χ0n) is 11.4. The molecule has 2 aliphatic rings. The highest BCUT2D eigenvalue weighted by Crippen LogP contribution is 2.23. The Morgan fingerprint density at radius 2 is 2.15 bits per heavy atom. The number of aromatic nitrogens is 1. The molecule has 3 heterocycles. The number of nitrogen functional groups attached to an aromatic ring is 1. The summed E-state index contributed by atoms with van der Waals surface area (Å²) in [5.74, 6) is 0.224. The van der Waals surface area contributed by atoms with Gasteiger partial charge in [0.1, 0.15) is 11.5 Å². The van der Waals surface area contributed by atoms with Gasteiger partial charge in [-0.1, -0.05) is 18.0 Å². The highest BCUT2D eigenvalue weighted by Gasteiger charge is 2.32. The molecule has 1 amide bonds. The molecule has 0 bridgehead atoms. The lowest BCUT2D eigenvalue weighted by Gasteiger charge is -2.43. The van der Waals surface area contributed by atoms with Crippen molar-refractivity contribution in [3.63, 3.8) is 0 Å². The average Bonchev–Trinajstić information content (AvgIpc) is 2.48. The van der Waals surface area contributed by atoms with Crippen LogP contribution in [-0.4, -0.2) is 52.9 Å². The molecule has 3 rings (SSSR count). The molecule has 6 heteroatoms. The Kier molecular flexibility index (Phi) is 3.81. The lowest BCUT2D eigenvalue weighted by Crippen LogP contribution is -2.56. The lowest BCUT2D eigenvalue weighted by atomic mass is 9.99. The van der Waals surface area contributed by atoms with E-state index in [0.29, 0.717) is 16.9 Å². The van der Waals surface area contributed by atoms with Crippen LogP contribution in [0.1, 0.15) is 29.8 Å². The number of nitrogens with two attached hydrogens (primary N) is 1. The molecular weight excluding hydrogens is 276 g/mol. The summed E-state index contributed by atoms with van der Waals surface area (Å²) in [6, 6.07) is 3.73. The van der Waals surface area contributed by atoms with Crippen molar-refractivity contribution in [1.82, 2.24) is 14.8 Å². The maximum Gasteiger partial charge on any atom is 0.274 e. The van der Waals surface area contributed by atoms with Gasteiger partial charge in [0.2, 0.25) is 0 Å². The Bertz CT molecular complexity index is 522. The van der Waals surface area contributed by atoms with Crippen LogP contribution >= 0.6 is 11.6 Å². The number of carbonyl (C=O) groups excluding carboxylic acids is 1. The molecule has 2 aliphatic heterocycles. The number of halogens is 1. The van der Waals surface area contributed by atoms with E-state index in [1.807, 2.05) is 4.90 Å². The quantitative estimate of drug-likeness (QED) is 0.855. The number of pyridine rings is 1. The first kappa shape index (κ1) is 13.6. The minimum atomic E-state index is -0.104. The van der Waals surface area contributed by atoms with Crippen LogP contribution in [0.15, 0.2) is 12.1 Å². The molecule has 1 aromatic heterocycles. The van der Waals surface area contributed by atoms with Gasteiger partial charge in [-0.2, -0.15) is 0 Å². The third-order valence-electron chi connectivity index (χ3n) is 4.19. The molecule has 0 saturated carbocycles. The van der Waals surface area contributed by atoms with Crippen LogP contribution in [0, 0.1) is 0 Å². The minimum absolute atomic E-state index is 0.104. The SMILES string of the molecule is Nc1ccc(Cl)c(C(=O)N2CCN3CCCCC3C2)n1. The van der Waals surface area contributed by atoms with Gasteiger partial charge in [0.15, 0.2) is 0 Å². The van der Waals surface area contributed by atoms with Crippen LogP contribution in [0.25, 0.3) is 0 Å². The van der Waals surface area contributed by atoms with Crippen molar-refractivity contribution >= 4 is 23.3 Å². The number of amides is 1. The maximum atomic E-state index is 12.6. The predicted molar refractivity (Wildman–Crippen MR) is 78.8 cm³/mol. The molecule has 0 aromatic carbocycles. The highest BCUT2D eigenvalue weighted by molar-refractivity contribution is 6.33. The second-order valence-corrected chi connectivity index (χ2v) is 5.91. The van der Waals surface area contributed by atoms with Crippen LogP contribution in [0.2, 0.25) is 5.02 Å². The number of nitrogens with zero attached hydrogens (tertiary/aromatic N) is 3. The van der Waals surface area contributed by atoms with Crippen LogP contribution in [0.3, 0.4) is 0 Å². The smallest absolute Gasteiger partial charge is 0.274 e. The fraction of sp³-hybridized carbons (Fsp3) is 0.571. The lowest BCUT2D eigenvalue weighted by molar-refractivity contribution is 0.0368. The number of hydrogen-bond donors (Lipinski definition) is 1. The van der Waals surface area contributed by atoms with E-state index in [2.05, 4.69) is 9.88 Å². The number of carbonyl (C=O) groups is 1. The van der Waals surface area contributed by atoms with E-state index in [-0.39, 0.29) is 11.6 Å². The third kappa shape index (κ3) is 2.60. The van der Waals surface area contributed by atoms with Crippen molar-refractivity contribution in [3.8, 4) is 0 Å². The molecule has 1 aromatic rings. The van der Waals surface area contributed by atoms with Gasteiger partial charge < -0.3 is 10.6 Å². The van der Waals surface area contributed by atoms with E-state index in [4.69, 9.17) is 17.3 Å². The van der Waals surface area contributed by atoms with Crippen LogP contribution in [0.5, 0.6) is 0 Å². The molecule has 2 N–H and O–H groups in total. The van der Waals surface area contributed by atoms with Gasteiger partial charge in [-0.25, -0.2) is 4.98 Å². The van der Waals surface area contributed by atoms with E-state index in [1.165, 1.54) is 19.3 Å². The van der Waals surface area contributed by atoms with Gasteiger partial charge in [0.25, 0.3) is 5.91 Å². The van der Waals surface area contributed by atoms with Gasteiger partial charge in [-0.15, -0.1) is 0 Å². The molecule has 0 spiro atoms. The Hall–Kier alpha value is -1.33. The predicted octanol–water partition coefficient (Wildman–Crippen LogP) is 1.63. The highest BCUT2D eigenvalue weighted by atomic mass is 35.5. The van der Waals surface area contributed by atoms with Gasteiger partial charge in [-0.3, -0.25) is 9.69 Å². The Balaban J connectivity index is 1.76. The molecule has 2 saturated heterocycles. The van der Waals surface area contributed by atoms with Crippen molar-refractivity contribution in [3.05, 3.63) is 22.8 Å². The third-order valence-corrected chi connectivity index (χ3v) is 4.50. The van der Waals surface area contributed by atoms with Crippen LogP contribution in [-0.2, 0) is 0 Å². The number of rotatable bonds is 1. The first-order valence-electron chi connectivity index (χ1n) is 7.10. The molecular formula is C14H19ClN4O. The fourth-order valence-electron chi connectivity index (χ4n) is 3.10. The number of anilines is 1. The van der Waals surface area contributed by atoms with Crippen molar-refractivity contribution in [2.45, 2.75) is 25.3 Å². The largest absolute Gasteiger partial charge is 0.384 e. The molecule has 1 unspecified atom stereocenters. The number of piperazine rings is 1. The molecule has 20 heavy (non-hydrogen) atoms. The second kappa shape index (κ2) is 5.58. The summed E-state index contributed by atoms with van der Waals surface area (Å²) in [6.07, 6.45) is 3.69. The summed E-state index contributed by atoms with van der Waals surface area (Å²) in [6.45, 7) is 3.61. The summed E-state index contributed by atoms with van der Waals surface area (Å²) < 4.78 is 0. The van der Waals surface area contributed by atoms with E-state index in [0.717, 1.165) is 26.2 Å².